The van der Waals surface area contributed by atoms with Crippen LogP contribution in [0.2, 0.25) is 0 Å². The summed E-state index contributed by atoms with van der Waals surface area (Å²) in [6, 6.07) is 8.93. The second-order valence-corrected chi connectivity index (χ2v) is 7.60. The van der Waals surface area contributed by atoms with Gasteiger partial charge in [-0.15, -0.1) is 0 Å². The van der Waals surface area contributed by atoms with E-state index >= 15 is 0 Å². The number of fused-ring (bicyclic) bond motifs is 2. The average Bonchev–Trinajstić information content (AvgIpc) is 3.25. The summed E-state index contributed by atoms with van der Waals surface area (Å²) in [5.74, 6) is 1.93. The minimum absolute atomic E-state index is 0.00446. The molecule has 1 saturated heterocycles. The Balaban J connectivity index is 1.45. The predicted octanol–water partition coefficient (Wildman–Crippen LogP) is 2.84. The van der Waals surface area contributed by atoms with Crippen LogP contribution in [0.15, 0.2) is 36.7 Å². The fraction of sp³-hybridized carbons (Fsp3) is 0.333. The third-order valence-corrected chi connectivity index (χ3v) is 5.63. The molecule has 160 valence electrons. The van der Waals surface area contributed by atoms with Crippen LogP contribution in [0.5, 0.6) is 11.5 Å². The van der Waals surface area contributed by atoms with Crippen LogP contribution in [-0.2, 0) is 6.54 Å². The van der Waals surface area contributed by atoms with Gasteiger partial charge in [0.05, 0.1) is 16.5 Å². The molecule has 3 heterocycles. The molecular formula is C21H21N5O5. The number of nitro benzene ring substituents is 1. The summed E-state index contributed by atoms with van der Waals surface area (Å²) in [7, 11) is 0. The number of aromatic nitrogens is 2. The number of hydrogen-bond donors (Lipinski definition) is 2. The van der Waals surface area contributed by atoms with Gasteiger partial charge in [-0.3, -0.25) is 10.1 Å². The first-order chi connectivity index (χ1) is 15.1. The third-order valence-electron chi connectivity index (χ3n) is 5.63. The van der Waals surface area contributed by atoms with Crippen molar-refractivity contribution in [1.82, 2.24) is 9.97 Å². The van der Waals surface area contributed by atoms with Crippen LogP contribution < -0.4 is 19.7 Å². The van der Waals surface area contributed by atoms with E-state index in [1.165, 1.54) is 12.4 Å². The molecule has 5 rings (SSSR count). The molecule has 1 fully saturated rings. The van der Waals surface area contributed by atoms with Crippen LogP contribution in [0.3, 0.4) is 0 Å². The normalized spacial score (nSPS) is 16.0. The zero-order valence-corrected chi connectivity index (χ0v) is 16.7. The molecule has 1 aromatic heterocycles. The number of aliphatic hydroxyl groups is 1. The molecule has 0 atom stereocenters. The molecular weight excluding hydrogens is 402 g/mol. The fourth-order valence-electron chi connectivity index (χ4n) is 3.96. The van der Waals surface area contributed by atoms with Gasteiger partial charge in [0, 0.05) is 31.1 Å². The van der Waals surface area contributed by atoms with E-state index in [0.717, 1.165) is 5.56 Å². The molecule has 0 amide bonds. The lowest BCUT2D eigenvalue weighted by molar-refractivity contribution is -0.384. The van der Waals surface area contributed by atoms with Crippen LogP contribution in [0.1, 0.15) is 18.4 Å². The Labute approximate surface area is 177 Å². The zero-order chi connectivity index (χ0) is 21.4. The number of benzene rings is 2. The summed E-state index contributed by atoms with van der Waals surface area (Å²) in [5.41, 5.74) is 2.11. The number of aliphatic hydroxyl groups excluding tert-OH is 1. The Kier molecular flexibility index (Phi) is 4.91. The van der Waals surface area contributed by atoms with E-state index in [2.05, 4.69) is 15.3 Å². The van der Waals surface area contributed by atoms with E-state index in [4.69, 9.17) is 9.47 Å². The van der Waals surface area contributed by atoms with Crippen LogP contribution in [0.4, 0.5) is 17.2 Å². The Morgan fingerprint density at radius 2 is 1.97 bits per heavy atom. The van der Waals surface area contributed by atoms with E-state index in [1.807, 2.05) is 23.1 Å². The second-order valence-electron chi connectivity index (χ2n) is 7.60. The van der Waals surface area contributed by atoms with Crippen molar-refractivity contribution >= 4 is 28.1 Å². The van der Waals surface area contributed by atoms with Crippen molar-refractivity contribution in [3.63, 3.8) is 0 Å². The number of anilines is 2. The van der Waals surface area contributed by atoms with E-state index in [9.17, 15) is 15.2 Å². The maximum Gasteiger partial charge on any atom is 0.293 e. The van der Waals surface area contributed by atoms with Crippen molar-refractivity contribution in [3.05, 3.63) is 52.3 Å². The van der Waals surface area contributed by atoms with Crippen molar-refractivity contribution < 1.29 is 19.5 Å². The molecule has 0 spiro atoms. The van der Waals surface area contributed by atoms with Crippen molar-refractivity contribution in [2.45, 2.75) is 25.5 Å². The highest BCUT2D eigenvalue weighted by Crippen LogP contribution is 2.36. The minimum Gasteiger partial charge on any atom is -0.454 e. The summed E-state index contributed by atoms with van der Waals surface area (Å²) in [5, 5.41) is 25.4. The van der Waals surface area contributed by atoms with Gasteiger partial charge in [0.15, 0.2) is 11.5 Å². The molecule has 0 bridgehead atoms. The SMILES string of the molecule is O=[N+]([O-])c1cc2c(NCc3ccc4c(c3)OCO4)ncnc2cc1N1CCC(O)CC1. The molecule has 10 heteroatoms. The molecule has 0 saturated carbocycles. The van der Waals surface area contributed by atoms with Crippen LogP contribution in [0.25, 0.3) is 10.9 Å². The van der Waals surface area contributed by atoms with Gasteiger partial charge in [-0.05, 0) is 36.6 Å². The lowest BCUT2D eigenvalue weighted by Crippen LogP contribution is -2.36. The Morgan fingerprint density at radius 3 is 2.77 bits per heavy atom. The topological polar surface area (TPSA) is 123 Å². The summed E-state index contributed by atoms with van der Waals surface area (Å²) in [4.78, 5) is 22.0. The third kappa shape index (κ3) is 3.77. The van der Waals surface area contributed by atoms with Gasteiger partial charge >= 0.3 is 0 Å². The van der Waals surface area contributed by atoms with E-state index in [-0.39, 0.29) is 23.5 Å². The van der Waals surface area contributed by atoms with Gasteiger partial charge in [-0.2, -0.15) is 0 Å². The number of nitro groups is 1. The number of hydrogen-bond acceptors (Lipinski definition) is 9. The molecule has 3 aromatic rings. The summed E-state index contributed by atoms with van der Waals surface area (Å²) in [6.07, 6.45) is 2.26. The lowest BCUT2D eigenvalue weighted by Gasteiger charge is -2.31. The molecule has 0 radical (unpaired) electrons. The highest BCUT2D eigenvalue weighted by atomic mass is 16.7. The lowest BCUT2D eigenvalue weighted by atomic mass is 10.1. The van der Waals surface area contributed by atoms with Gasteiger partial charge < -0.3 is 24.8 Å². The first-order valence-electron chi connectivity index (χ1n) is 10.1. The smallest absolute Gasteiger partial charge is 0.293 e. The Morgan fingerprint density at radius 1 is 1.16 bits per heavy atom. The maximum absolute atomic E-state index is 11.8. The van der Waals surface area contributed by atoms with Crippen molar-refractivity contribution in [3.8, 4) is 11.5 Å². The summed E-state index contributed by atoms with van der Waals surface area (Å²) in [6.45, 7) is 1.80. The number of nitrogens with zero attached hydrogens (tertiary/aromatic N) is 4. The molecule has 31 heavy (non-hydrogen) atoms. The van der Waals surface area contributed by atoms with E-state index in [0.29, 0.717) is 66.4 Å². The molecule has 2 aromatic carbocycles. The van der Waals surface area contributed by atoms with Crippen LogP contribution in [-0.4, -0.2) is 46.0 Å². The molecule has 0 aliphatic carbocycles. The number of ether oxygens (including phenoxy) is 2. The summed E-state index contributed by atoms with van der Waals surface area (Å²) < 4.78 is 10.7. The zero-order valence-electron chi connectivity index (χ0n) is 16.7. The van der Waals surface area contributed by atoms with Crippen LogP contribution in [0, 0.1) is 10.1 Å². The van der Waals surface area contributed by atoms with Crippen molar-refractivity contribution in [1.29, 1.82) is 0 Å². The van der Waals surface area contributed by atoms with Gasteiger partial charge in [0.25, 0.3) is 5.69 Å². The molecule has 2 aliphatic heterocycles. The first kappa shape index (κ1) is 19.3. The standard InChI is InChI=1S/C21H21N5O5/c27-14-3-5-25(6-4-14)17-9-16-15(8-18(17)26(28)29)21(24-11-23-16)22-10-13-1-2-19-20(7-13)31-12-30-19/h1-2,7-9,11,14,27H,3-6,10,12H2,(H,22,23,24). The first-order valence-corrected chi connectivity index (χ1v) is 10.1. The highest BCUT2D eigenvalue weighted by molar-refractivity contribution is 5.94. The average molecular weight is 423 g/mol. The number of nitrogens with one attached hydrogen (secondary N) is 1. The predicted molar refractivity (Wildman–Crippen MR) is 114 cm³/mol. The summed E-state index contributed by atoms with van der Waals surface area (Å²) >= 11 is 0. The molecule has 2 N–H and O–H groups in total. The van der Waals surface area contributed by atoms with Gasteiger partial charge in [-0.25, -0.2) is 9.97 Å². The second kappa shape index (κ2) is 7.88. The largest absolute Gasteiger partial charge is 0.454 e. The Hall–Kier alpha value is -3.66. The quantitative estimate of drug-likeness (QED) is 0.471. The Bertz CT molecular complexity index is 1150. The van der Waals surface area contributed by atoms with Crippen LogP contribution >= 0.6 is 0 Å². The fourth-order valence-corrected chi connectivity index (χ4v) is 3.96. The molecule has 2 aliphatic rings. The monoisotopic (exact) mass is 423 g/mol. The van der Waals surface area contributed by atoms with Gasteiger partial charge in [0.2, 0.25) is 6.79 Å². The van der Waals surface area contributed by atoms with Crippen molar-refractivity contribution in [2.24, 2.45) is 0 Å². The number of rotatable bonds is 5. The molecule has 0 unspecified atom stereocenters. The van der Waals surface area contributed by atoms with Gasteiger partial charge in [-0.1, -0.05) is 6.07 Å². The van der Waals surface area contributed by atoms with Gasteiger partial charge in [0.1, 0.15) is 17.8 Å². The van der Waals surface area contributed by atoms with E-state index in [1.54, 1.807) is 6.07 Å². The van der Waals surface area contributed by atoms with E-state index < -0.39 is 0 Å². The maximum atomic E-state index is 11.8. The minimum atomic E-state index is -0.381. The molecule has 10 nitrogen and oxygen atoms in total. The number of piperidine rings is 1. The van der Waals surface area contributed by atoms with Crippen molar-refractivity contribution in [2.75, 3.05) is 30.1 Å². The highest BCUT2D eigenvalue weighted by Gasteiger charge is 2.25.